The summed E-state index contributed by atoms with van der Waals surface area (Å²) in [6, 6.07) is 0. The van der Waals surface area contributed by atoms with Crippen LogP contribution in [-0.4, -0.2) is 57.6 Å². The molecule has 5 heteroatoms. The van der Waals surface area contributed by atoms with Crippen LogP contribution < -0.4 is 0 Å². The Labute approximate surface area is 91.0 Å². The number of hydrogen-bond acceptors (Lipinski definition) is 5. The van der Waals surface area contributed by atoms with Gasteiger partial charge in [0.2, 0.25) is 0 Å². The zero-order chi connectivity index (χ0) is 12.3. The molecule has 0 heterocycles. The fourth-order valence-corrected chi connectivity index (χ4v) is 0.710. The second kappa shape index (κ2) is 11.9. The van der Waals surface area contributed by atoms with Crippen molar-refractivity contribution in [2.45, 2.75) is 38.9 Å². The van der Waals surface area contributed by atoms with E-state index in [4.69, 9.17) is 25.5 Å². The largest absolute Gasteiger partial charge is 0.396 e. The molecular weight excluding hydrogens is 200 g/mol. The van der Waals surface area contributed by atoms with Gasteiger partial charge < -0.3 is 25.5 Å². The van der Waals surface area contributed by atoms with Gasteiger partial charge in [-0.25, -0.2) is 0 Å². The van der Waals surface area contributed by atoms with Crippen LogP contribution in [0.4, 0.5) is 0 Å². The zero-order valence-electron chi connectivity index (χ0n) is 9.50. The Morgan fingerprint density at radius 2 is 1.20 bits per heavy atom. The normalized spacial score (nSPS) is 14.4. The highest BCUT2D eigenvalue weighted by Gasteiger charge is 2.10. The van der Waals surface area contributed by atoms with Gasteiger partial charge in [0.25, 0.3) is 0 Å². The highest BCUT2D eigenvalue weighted by Crippen LogP contribution is 1.96. The molecule has 0 saturated heterocycles. The van der Waals surface area contributed by atoms with Gasteiger partial charge in [-0.3, -0.25) is 0 Å². The van der Waals surface area contributed by atoms with E-state index in [1.165, 1.54) is 0 Å². The van der Waals surface area contributed by atoms with E-state index in [0.29, 0.717) is 6.42 Å². The van der Waals surface area contributed by atoms with Gasteiger partial charge in [-0.2, -0.15) is 0 Å². The smallest absolute Gasteiger partial charge is 0.103 e. The lowest BCUT2D eigenvalue weighted by atomic mass is 10.1. The lowest BCUT2D eigenvalue weighted by molar-refractivity contribution is -0.0151. The summed E-state index contributed by atoms with van der Waals surface area (Å²) in [5, 5.41) is 42.3. The summed E-state index contributed by atoms with van der Waals surface area (Å²) in [6.07, 6.45) is -0.422. The monoisotopic (exact) mass is 224 g/mol. The van der Waals surface area contributed by atoms with Crippen LogP contribution in [0.15, 0.2) is 0 Å². The molecule has 0 saturated carbocycles. The molecule has 94 valence electrons. The molecule has 0 radical (unpaired) electrons. The Kier molecular flexibility index (Phi) is 13.6. The van der Waals surface area contributed by atoms with Crippen molar-refractivity contribution in [1.82, 2.24) is 0 Å². The van der Waals surface area contributed by atoms with E-state index in [0.717, 1.165) is 6.42 Å². The van der Waals surface area contributed by atoms with Crippen molar-refractivity contribution in [1.29, 1.82) is 0 Å². The molecule has 0 aromatic rings. The summed E-state index contributed by atoms with van der Waals surface area (Å²) >= 11 is 0. The highest BCUT2D eigenvalue weighted by atomic mass is 16.4. The second-order valence-corrected chi connectivity index (χ2v) is 3.36. The lowest BCUT2D eigenvalue weighted by Gasteiger charge is -2.11. The Balaban J connectivity index is 0. The summed E-state index contributed by atoms with van der Waals surface area (Å²) in [5.41, 5.74) is 0. The molecule has 0 aromatic carbocycles. The summed E-state index contributed by atoms with van der Waals surface area (Å²) < 4.78 is 0. The lowest BCUT2D eigenvalue weighted by Crippen LogP contribution is -2.28. The van der Waals surface area contributed by atoms with Crippen LogP contribution in [0.1, 0.15) is 26.7 Å². The second-order valence-electron chi connectivity index (χ2n) is 3.36. The van der Waals surface area contributed by atoms with Gasteiger partial charge in [-0.15, -0.1) is 0 Å². The van der Waals surface area contributed by atoms with Crippen LogP contribution in [0.2, 0.25) is 0 Å². The van der Waals surface area contributed by atoms with E-state index in [2.05, 4.69) is 0 Å². The molecule has 0 aliphatic carbocycles. The maximum Gasteiger partial charge on any atom is 0.103 e. The van der Waals surface area contributed by atoms with Crippen molar-refractivity contribution in [3.63, 3.8) is 0 Å². The average Bonchev–Trinajstić information content (AvgIpc) is 2.30. The van der Waals surface area contributed by atoms with Gasteiger partial charge in [0, 0.05) is 19.1 Å². The van der Waals surface area contributed by atoms with Crippen molar-refractivity contribution in [2.24, 2.45) is 5.92 Å². The number of rotatable bonds is 6. The van der Waals surface area contributed by atoms with Crippen molar-refractivity contribution in [3.8, 4) is 0 Å². The van der Waals surface area contributed by atoms with E-state index in [1.54, 1.807) is 6.92 Å². The van der Waals surface area contributed by atoms with E-state index < -0.39 is 12.2 Å². The fourth-order valence-electron chi connectivity index (χ4n) is 0.710. The molecule has 5 N–H and O–H groups in total. The molecule has 0 amide bonds. The third kappa shape index (κ3) is 10.1. The SMILES string of the molecule is CCC(CO)CO.CCC(O)C(O)CO. The third-order valence-electron chi connectivity index (χ3n) is 2.14. The average molecular weight is 224 g/mol. The molecule has 0 bridgehead atoms. The van der Waals surface area contributed by atoms with Crippen molar-refractivity contribution in [3.05, 3.63) is 0 Å². The van der Waals surface area contributed by atoms with Gasteiger partial charge in [0.05, 0.1) is 12.7 Å². The molecule has 0 aliphatic heterocycles. The molecule has 0 spiro atoms. The van der Waals surface area contributed by atoms with E-state index in [1.807, 2.05) is 6.92 Å². The molecule has 5 nitrogen and oxygen atoms in total. The minimum absolute atomic E-state index is 0.0972. The number of hydrogen-bond donors (Lipinski definition) is 5. The standard InChI is InChI=1S/C5H12O3.C5H12O2/c1-2-4(7)5(8)3-6;1-2-5(3-6)4-7/h4-8H,2-3H2,1H3;5-7H,2-4H2,1H3. The van der Waals surface area contributed by atoms with Gasteiger partial charge in [-0.05, 0) is 12.8 Å². The van der Waals surface area contributed by atoms with Crippen molar-refractivity contribution < 1.29 is 25.5 Å². The molecule has 2 unspecified atom stereocenters. The maximum absolute atomic E-state index is 8.72. The minimum Gasteiger partial charge on any atom is -0.396 e. The van der Waals surface area contributed by atoms with Gasteiger partial charge in [0.1, 0.15) is 6.10 Å². The fraction of sp³-hybridized carbons (Fsp3) is 1.00. The summed E-state index contributed by atoms with van der Waals surface area (Å²) in [4.78, 5) is 0. The Hall–Kier alpha value is -0.200. The van der Waals surface area contributed by atoms with E-state index in [-0.39, 0.29) is 25.7 Å². The predicted octanol–water partition coefficient (Wildman–Crippen LogP) is -0.892. The molecule has 0 fully saturated rings. The molecular formula is C10H24O5. The molecule has 2 atom stereocenters. The molecule has 15 heavy (non-hydrogen) atoms. The van der Waals surface area contributed by atoms with Crippen LogP contribution in [0.25, 0.3) is 0 Å². The zero-order valence-corrected chi connectivity index (χ0v) is 9.50. The first-order valence-electron chi connectivity index (χ1n) is 5.25. The van der Waals surface area contributed by atoms with Crippen LogP contribution in [0.5, 0.6) is 0 Å². The summed E-state index contributed by atoms with van der Waals surface area (Å²) in [6.45, 7) is 3.52. The van der Waals surface area contributed by atoms with Crippen molar-refractivity contribution >= 4 is 0 Å². The van der Waals surface area contributed by atoms with Crippen LogP contribution >= 0.6 is 0 Å². The van der Waals surface area contributed by atoms with E-state index in [9.17, 15) is 0 Å². The van der Waals surface area contributed by atoms with Crippen LogP contribution in [0.3, 0.4) is 0 Å². The minimum atomic E-state index is -0.972. The highest BCUT2D eigenvalue weighted by molar-refractivity contribution is 4.62. The molecule has 0 aliphatic rings. The Morgan fingerprint density at radius 3 is 1.27 bits per heavy atom. The van der Waals surface area contributed by atoms with Crippen LogP contribution in [0, 0.1) is 5.92 Å². The topological polar surface area (TPSA) is 101 Å². The first-order chi connectivity index (χ1) is 7.06. The van der Waals surface area contributed by atoms with Gasteiger partial charge >= 0.3 is 0 Å². The molecule has 0 aromatic heterocycles. The van der Waals surface area contributed by atoms with Crippen LogP contribution in [-0.2, 0) is 0 Å². The van der Waals surface area contributed by atoms with Gasteiger partial charge in [-0.1, -0.05) is 13.8 Å². The predicted molar refractivity (Wildman–Crippen MR) is 57.3 cm³/mol. The number of aliphatic hydroxyl groups excluding tert-OH is 5. The summed E-state index contributed by atoms with van der Waals surface area (Å²) in [7, 11) is 0. The molecule has 0 rings (SSSR count). The first-order valence-corrected chi connectivity index (χ1v) is 5.25. The first kappa shape index (κ1) is 17.2. The Morgan fingerprint density at radius 1 is 0.733 bits per heavy atom. The number of aliphatic hydroxyl groups is 5. The van der Waals surface area contributed by atoms with Crippen molar-refractivity contribution in [2.75, 3.05) is 19.8 Å². The quantitative estimate of drug-likeness (QED) is 0.403. The summed E-state index contributed by atoms with van der Waals surface area (Å²) in [5.74, 6) is 0.0972. The third-order valence-corrected chi connectivity index (χ3v) is 2.14. The van der Waals surface area contributed by atoms with E-state index >= 15 is 0 Å². The Bertz CT molecular complexity index is 103. The van der Waals surface area contributed by atoms with Gasteiger partial charge in [0.15, 0.2) is 0 Å². The maximum atomic E-state index is 8.72.